The van der Waals surface area contributed by atoms with Crippen molar-refractivity contribution in [3.63, 3.8) is 0 Å². The first-order valence-electron chi connectivity index (χ1n) is 6.47. The van der Waals surface area contributed by atoms with Crippen molar-refractivity contribution in [1.29, 1.82) is 0 Å². The zero-order chi connectivity index (χ0) is 15.0. The van der Waals surface area contributed by atoms with Crippen LogP contribution in [0, 0.1) is 5.41 Å². The lowest BCUT2D eigenvalue weighted by Gasteiger charge is -2.23. The van der Waals surface area contributed by atoms with E-state index in [0.717, 1.165) is 26.0 Å². The minimum Gasteiger partial charge on any atom is -0.481 e. The van der Waals surface area contributed by atoms with Crippen LogP contribution in [0.3, 0.4) is 0 Å². The molecule has 0 atom stereocenters. The maximum atomic E-state index is 11.7. The predicted octanol–water partition coefficient (Wildman–Crippen LogP) is 3.57. The standard InChI is InChI=1S/C12H12Br2N4O2S/c13-8-5-7(9(14)21-8)10-15-16-17-18(10)6-12(11(19)20)3-1-2-4-12/h5H,1-4,6H2,(H,19,20). The van der Waals surface area contributed by atoms with Crippen LogP contribution in [-0.4, -0.2) is 31.3 Å². The summed E-state index contributed by atoms with van der Waals surface area (Å²) in [6, 6.07) is 1.93. The molecule has 0 aromatic carbocycles. The van der Waals surface area contributed by atoms with Crippen LogP contribution in [0.1, 0.15) is 25.7 Å². The Bertz CT molecular complexity index is 679. The highest BCUT2D eigenvalue weighted by Gasteiger charge is 2.42. The normalized spacial score (nSPS) is 17.2. The molecule has 0 aliphatic heterocycles. The number of hydrogen-bond donors (Lipinski definition) is 1. The average molecular weight is 436 g/mol. The Balaban J connectivity index is 1.96. The van der Waals surface area contributed by atoms with Crippen LogP contribution in [0.4, 0.5) is 0 Å². The molecule has 0 unspecified atom stereocenters. The van der Waals surface area contributed by atoms with Crippen LogP contribution in [0.2, 0.25) is 0 Å². The first-order valence-corrected chi connectivity index (χ1v) is 8.87. The number of carbonyl (C=O) groups is 1. The van der Waals surface area contributed by atoms with E-state index in [-0.39, 0.29) is 0 Å². The minimum absolute atomic E-state index is 0.310. The summed E-state index contributed by atoms with van der Waals surface area (Å²) < 4.78 is 3.49. The van der Waals surface area contributed by atoms with Crippen LogP contribution < -0.4 is 0 Å². The van der Waals surface area contributed by atoms with E-state index in [9.17, 15) is 9.90 Å². The van der Waals surface area contributed by atoms with Crippen LogP contribution in [0.25, 0.3) is 11.4 Å². The third-order valence-electron chi connectivity index (χ3n) is 3.90. The topological polar surface area (TPSA) is 80.9 Å². The Morgan fingerprint density at radius 2 is 2.14 bits per heavy atom. The number of tetrazole rings is 1. The van der Waals surface area contributed by atoms with E-state index in [0.29, 0.717) is 25.2 Å². The second-order valence-electron chi connectivity index (χ2n) is 5.19. The molecule has 0 saturated heterocycles. The van der Waals surface area contributed by atoms with Gasteiger partial charge in [0.2, 0.25) is 0 Å². The third-order valence-corrected chi connectivity index (χ3v) is 6.24. The Morgan fingerprint density at radius 1 is 1.43 bits per heavy atom. The molecule has 0 radical (unpaired) electrons. The first kappa shape index (κ1) is 15.1. The molecule has 21 heavy (non-hydrogen) atoms. The van der Waals surface area contributed by atoms with E-state index in [1.807, 2.05) is 6.07 Å². The zero-order valence-electron chi connectivity index (χ0n) is 10.9. The number of carboxylic acid groups (broad SMARTS) is 1. The van der Waals surface area contributed by atoms with Crippen molar-refractivity contribution in [3.8, 4) is 11.4 Å². The quantitative estimate of drug-likeness (QED) is 0.793. The molecule has 1 aliphatic rings. The number of carboxylic acids is 1. The Morgan fingerprint density at radius 3 is 2.71 bits per heavy atom. The number of aromatic nitrogens is 4. The molecule has 0 bridgehead atoms. The van der Waals surface area contributed by atoms with E-state index in [1.165, 1.54) is 11.3 Å². The second kappa shape index (κ2) is 5.77. The van der Waals surface area contributed by atoms with Crippen molar-refractivity contribution in [1.82, 2.24) is 20.2 Å². The third kappa shape index (κ3) is 2.78. The summed E-state index contributed by atoms with van der Waals surface area (Å²) in [5, 5.41) is 21.4. The maximum absolute atomic E-state index is 11.7. The lowest BCUT2D eigenvalue weighted by molar-refractivity contribution is -0.149. The molecular formula is C12H12Br2N4O2S. The van der Waals surface area contributed by atoms with Gasteiger partial charge in [-0.15, -0.1) is 16.4 Å². The monoisotopic (exact) mass is 434 g/mol. The molecule has 2 heterocycles. The fourth-order valence-corrected chi connectivity index (χ4v) is 5.56. The largest absolute Gasteiger partial charge is 0.481 e. The number of halogens is 2. The molecule has 6 nitrogen and oxygen atoms in total. The summed E-state index contributed by atoms with van der Waals surface area (Å²) in [4.78, 5) is 11.7. The summed E-state index contributed by atoms with van der Waals surface area (Å²) >= 11 is 8.46. The molecule has 2 aromatic rings. The van der Waals surface area contributed by atoms with Crippen molar-refractivity contribution >= 4 is 49.2 Å². The van der Waals surface area contributed by atoms with Gasteiger partial charge in [-0.3, -0.25) is 4.79 Å². The molecule has 2 aromatic heterocycles. The molecule has 112 valence electrons. The molecule has 1 saturated carbocycles. The Hall–Kier alpha value is -0.800. The van der Waals surface area contributed by atoms with Crippen molar-refractivity contribution in [2.24, 2.45) is 5.41 Å². The molecule has 1 N–H and O–H groups in total. The summed E-state index contributed by atoms with van der Waals surface area (Å²) in [7, 11) is 0. The van der Waals surface area contributed by atoms with Crippen LogP contribution >= 0.6 is 43.2 Å². The Kier molecular flexibility index (Phi) is 4.15. The van der Waals surface area contributed by atoms with Gasteiger partial charge in [0.15, 0.2) is 5.82 Å². The second-order valence-corrected chi connectivity index (χ2v) is 8.94. The molecule has 0 amide bonds. The van der Waals surface area contributed by atoms with Gasteiger partial charge in [0.05, 0.1) is 19.5 Å². The van der Waals surface area contributed by atoms with Crippen LogP contribution in [0.5, 0.6) is 0 Å². The van der Waals surface area contributed by atoms with Gasteiger partial charge in [-0.1, -0.05) is 12.8 Å². The zero-order valence-corrected chi connectivity index (χ0v) is 14.9. The van der Waals surface area contributed by atoms with Gasteiger partial charge in [0.25, 0.3) is 0 Å². The SMILES string of the molecule is O=C(O)C1(Cn2nnnc2-c2cc(Br)sc2Br)CCCC1. The highest BCUT2D eigenvalue weighted by atomic mass is 79.9. The van der Waals surface area contributed by atoms with Crippen molar-refractivity contribution in [2.75, 3.05) is 0 Å². The highest BCUT2D eigenvalue weighted by molar-refractivity contribution is 9.12. The van der Waals surface area contributed by atoms with Gasteiger partial charge in [0, 0.05) is 5.56 Å². The molecule has 0 spiro atoms. The van der Waals surface area contributed by atoms with Gasteiger partial charge in [0.1, 0.15) is 0 Å². The van der Waals surface area contributed by atoms with E-state index in [2.05, 4.69) is 47.4 Å². The summed E-state index contributed by atoms with van der Waals surface area (Å²) in [6.45, 7) is 0.310. The van der Waals surface area contributed by atoms with Gasteiger partial charge >= 0.3 is 5.97 Å². The van der Waals surface area contributed by atoms with Crippen molar-refractivity contribution < 1.29 is 9.90 Å². The summed E-state index contributed by atoms with van der Waals surface area (Å²) in [6.07, 6.45) is 3.24. The minimum atomic E-state index is -0.757. The smallest absolute Gasteiger partial charge is 0.311 e. The fourth-order valence-electron chi connectivity index (χ4n) is 2.77. The van der Waals surface area contributed by atoms with E-state index in [1.54, 1.807) is 4.68 Å². The molecular weight excluding hydrogens is 424 g/mol. The number of rotatable bonds is 4. The van der Waals surface area contributed by atoms with Crippen molar-refractivity contribution in [3.05, 3.63) is 13.6 Å². The maximum Gasteiger partial charge on any atom is 0.311 e. The lowest BCUT2D eigenvalue weighted by Crippen LogP contribution is -2.33. The number of hydrogen-bond acceptors (Lipinski definition) is 5. The Labute approximate surface area is 141 Å². The molecule has 1 fully saturated rings. The predicted molar refractivity (Wildman–Crippen MR) is 85.1 cm³/mol. The first-order chi connectivity index (χ1) is 10.0. The van der Waals surface area contributed by atoms with Crippen molar-refractivity contribution in [2.45, 2.75) is 32.2 Å². The fraction of sp³-hybridized carbons (Fsp3) is 0.500. The average Bonchev–Trinajstić information content (AvgIpc) is 3.11. The number of nitrogens with zero attached hydrogens (tertiary/aromatic N) is 4. The van der Waals surface area contributed by atoms with Crippen LogP contribution in [-0.2, 0) is 11.3 Å². The molecule has 9 heteroatoms. The van der Waals surface area contributed by atoms with Crippen LogP contribution in [0.15, 0.2) is 13.6 Å². The number of thiophene rings is 1. The lowest BCUT2D eigenvalue weighted by atomic mass is 9.86. The highest BCUT2D eigenvalue weighted by Crippen LogP contribution is 2.42. The summed E-state index contributed by atoms with van der Waals surface area (Å²) in [5.74, 6) is -0.164. The van der Waals surface area contributed by atoms with E-state index in [4.69, 9.17) is 0 Å². The van der Waals surface area contributed by atoms with E-state index >= 15 is 0 Å². The number of aliphatic carboxylic acids is 1. The van der Waals surface area contributed by atoms with Gasteiger partial charge in [-0.25, -0.2) is 4.68 Å². The van der Waals surface area contributed by atoms with Gasteiger partial charge < -0.3 is 5.11 Å². The molecule has 1 aliphatic carbocycles. The molecule has 3 rings (SSSR count). The van der Waals surface area contributed by atoms with Gasteiger partial charge in [-0.05, 0) is 61.2 Å². The van der Waals surface area contributed by atoms with Gasteiger partial charge in [-0.2, -0.15) is 0 Å². The van der Waals surface area contributed by atoms with E-state index < -0.39 is 11.4 Å². The summed E-state index contributed by atoms with van der Waals surface area (Å²) in [5.41, 5.74) is 0.125.